The van der Waals surface area contributed by atoms with Crippen molar-refractivity contribution in [2.75, 3.05) is 13.7 Å². The SMILES string of the molecule is CNC(c1ccc[nH]1)C(CO)C(C)C. The Hall–Kier alpha value is -0.800. The van der Waals surface area contributed by atoms with E-state index >= 15 is 0 Å². The van der Waals surface area contributed by atoms with Gasteiger partial charge in [0, 0.05) is 24.4 Å². The first-order valence-corrected chi connectivity index (χ1v) is 5.12. The smallest absolute Gasteiger partial charge is 0.0523 e. The third-order valence-corrected chi connectivity index (χ3v) is 2.76. The minimum absolute atomic E-state index is 0.204. The van der Waals surface area contributed by atoms with Crippen LogP contribution in [0.25, 0.3) is 0 Å². The van der Waals surface area contributed by atoms with Crippen LogP contribution in [0.2, 0.25) is 0 Å². The first-order valence-electron chi connectivity index (χ1n) is 5.12. The molecule has 0 aromatic carbocycles. The molecule has 2 atom stereocenters. The van der Waals surface area contributed by atoms with Gasteiger partial charge in [0.15, 0.2) is 0 Å². The summed E-state index contributed by atoms with van der Waals surface area (Å²) >= 11 is 0. The summed E-state index contributed by atoms with van der Waals surface area (Å²) in [6, 6.07) is 4.23. The van der Waals surface area contributed by atoms with Gasteiger partial charge >= 0.3 is 0 Å². The summed E-state index contributed by atoms with van der Waals surface area (Å²) in [5.74, 6) is 0.708. The Kier molecular flexibility index (Phi) is 4.17. The fraction of sp³-hybridized carbons (Fsp3) is 0.636. The predicted molar refractivity (Wildman–Crippen MR) is 58.0 cm³/mol. The molecule has 3 nitrogen and oxygen atoms in total. The molecule has 0 amide bonds. The number of rotatable bonds is 5. The molecule has 1 heterocycles. The van der Waals surface area contributed by atoms with Gasteiger partial charge in [0.1, 0.15) is 0 Å². The van der Waals surface area contributed by atoms with Crippen LogP contribution in [0, 0.1) is 11.8 Å². The average molecular weight is 196 g/mol. The number of hydrogen-bond acceptors (Lipinski definition) is 2. The van der Waals surface area contributed by atoms with Crippen molar-refractivity contribution in [2.24, 2.45) is 11.8 Å². The van der Waals surface area contributed by atoms with Crippen molar-refractivity contribution in [2.45, 2.75) is 19.9 Å². The van der Waals surface area contributed by atoms with Gasteiger partial charge in [-0.15, -0.1) is 0 Å². The Bertz CT molecular complexity index is 244. The van der Waals surface area contributed by atoms with Gasteiger partial charge in [0.2, 0.25) is 0 Å². The summed E-state index contributed by atoms with van der Waals surface area (Å²) in [5, 5.41) is 12.6. The Labute approximate surface area is 85.5 Å². The predicted octanol–water partition coefficient (Wildman–Crippen LogP) is 1.54. The molecule has 1 aromatic heterocycles. The summed E-state index contributed by atoms with van der Waals surface area (Å²) in [5.41, 5.74) is 1.14. The number of aliphatic hydroxyl groups is 1. The van der Waals surface area contributed by atoms with E-state index in [0.29, 0.717) is 5.92 Å². The van der Waals surface area contributed by atoms with Gasteiger partial charge in [-0.25, -0.2) is 0 Å². The molecule has 0 fully saturated rings. The highest BCUT2D eigenvalue weighted by molar-refractivity contribution is 5.10. The van der Waals surface area contributed by atoms with Crippen molar-refractivity contribution in [1.29, 1.82) is 0 Å². The molecule has 0 saturated heterocycles. The van der Waals surface area contributed by atoms with Crippen molar-refractivity contribution in [3.8, 4) is 0 Å². The highest BCUT2D eigenvalue weighted by Gasteiger charge is 2.24. The van der Waals surface area contributed by atoms with E-state index in [2.05, 4.69) is 24.1 Å². The molecule has 1 rings (SSSR count). The second-order valence-corrected chi connectivity index (χ2v) is 3.98. The molecule has 1 aromatic rings. The van der Waals surface area contributed by atoms with Gasteiger partial charge in [-0.1, -0.05) is 13.8 Å². The summed E-state index contributed by atoms with van der Waals surface area (Å²) < 4.78 is 0. The maximum absolute atomic E-state index is 9.34. The number of H-pyrrole nitrogens is 1. The lowest BCUT2D eigenvalue weighted by atomic mass is 9.87. The first-order chi connectivity index (χ1) is 6.70. The molecular weight excluding hydrogens is 176 g/mol. The van der Waals surface area contributed by atoms with Crippen LogP contribution in [0.4, 0.5) is 0 Å². The molecule has 0 radical (unpaired) electrons. The van der Waals surface area contributed by atoms with Gasteiger partial charge in [-0.05, 0) is 25.1 Å². The Morgan fingerprint density at radius 3 is 2.57 bits per heavy atom. The maximum atomic E-state index is 9.34. The van der Waals surface area contributed by atoms with E-state index in [4.69, 9.17) is 0 Å². The van der Waals surface area contributed by atoms with Crippen LogP contribution in [0.5, 0.6) is 0 Å². The normalized spacial score (nSPS) is 15.8. The van der Waals surface area contributed by atoms with Gasteiger partial charge in [0.05, 0.1) is 6.04 Å². The minimum atomic E-state index is 0.204. The third-order valence-electron chi connectivity index (χ3n) is 2.76. The maximum Gasteiger partial charge on any atom is 0.0523 e. The van der Waals surface area contributed by atoms with Gasteiger partial charge in [0.25, 0.3) is 0 Å². The fourth-order valence-electron chi connectivity index (χ4n) is 1.84. The Morgan fingerprint density at radius 2 is 2.21 bits per heavy atom. The van der Waals surface area contributed by atoms with E-state index in [1.165, 1.54) is 0 Å². The van der Waals surface area contributed by atoms with Crippen molar-refractivity contribution in [1.82, 2.24) is 10.3 Å². The second kappa shape index (κ2) is 5.17. The zero-order chi connectivity index (χ0) is 10.6. The third kappa shape index (κ3) is 2.36. The zero-order valence-corrected chi connectivity index (χ0v) is 9.12. The lowest BCUT2D eigenvalue weighted by Gasteiger charge is -2.27. The molecule has 80 valence electrons. The van der Waals surface area contributed by atoms with E-state index in [1.807, 2.05) is 25.4 Å². The molecular formula is C11H20N2O. The average Bonchev–Trinajstić information content (AvgIpc) is 2.65. The summed E-state index contributed by atoms with van der Waals surface area (Å²) in [6.45, 7) is 4.48. The Balaban J connectivity index is 2.79. The quantitative estimate of drug-likeness (QED) is 0.669. The van der Waals surface area contributed by atoms with E-state index in [1.54, 1.807) is 0 Å². The lowest BCUT2D eigenvalue weighted by molar-refractivity contribution is 0.153. The van der Waals surface area contributed by atoms with Crippen molar-refractivity contribution < 1.29 is 5.11 Å². The molecule has 0 aliphatic carbocycles. The van der Waals surface area contributed by atoms with Crippen LogP contribution in [-0.4, -0.2) is 23.7 Å². The molecule has 0 saturated carbocycles. The topological polar surface area (TPSA) is 48.0 Å². The molecule has 2 unspecified atom stereocenters. The van der Waals surface area contributed by atoms with Crippen LogP contribution in [0.3, 0.4) is 0 Å². The highest BCUT2D eigenvalue weighted by Crippen LogP contribution is 2.26. The molecule has 0 aliphatic rings. The summed E-state index contributed by atoms with van der Waals surface area (Å²) in [7, 11) is 1.93. The molecule has 0 bridgehead atoms. The van der Waals surface area contributed by atoms with Crippen LogP contribution in [-0.2, 0) is 0 Å². The fourth-order valence-corrected chi connectivity index (χ4v) is 1.84. The van der Waals surface area contributed by atoms with E-state index in [-0.39, 0.29) is 18.6 Å². The molecule has 14 heavy (non-hydrogen) atoms. The molecule has 3 N–H and O–H groups in total. The van der Waals surface area contributed by atoms with Crippen LogP contribution < -0.4 is 5.32 Å². The van der Waals surface area contributed by atoms with Crippen molar-refractivity contribution in [3.05, 3.63) is 24.0 Å². The van der Waals surface area contributed by atoms with Crippen LogP contribution >= 0.6 is 0 Å². The molecule has 0 aliphatic heterocycles. The van der Waals surface area contributed by atoms with E-state index in [9.17, 15) is 5.11 Å². The van der Waals surface area contributed by atoms with Crippen LogP contribution in [0.1, 0.15) is 25.6 Å². The standard InChI is InChI=1S/C11H20N2O/c1-8(2)9(7-14)11(12-3)10-5-4-6-13-10/h4-6,8-9,11-14H,7H2,1-3H3. The van der Waals surface area contributed by atoms with Crippen molar-refractivity contribution >= 4 is 0 Å². The summed E-state index contributed by atoms with van der Waals surface area (Å²) in [6.07, 6.45) is 1.91. The number of aromatic amines is 1. The molecule has 0 spiro atoms. The zero-order valence-electron chi connectivity index (χ0n) is 9.12. The van der Waals surface area contributed by atoms with Crippen LogP contribution in [0.15, 0.2) is 18.3 Å². The second-order valence-electron chi connectivity index (χ2n) is 3.98. The number of hydrogen-bond donors (Lipinski definition) is 3. The Morgan fingerprint density at radius 1 is 1.50 bits per heavy atom. The highest BCUT2D eigenvalue weighted by atomic mass is 16.3. The number of aliphatic hydroxyl groups excluding tert-OH is 1. The van der Waals surface area contributed by atoms with Gasteiger partial charge < -0.3 is 15.4 Å². The monoisotopic (exact) mass is 196 g/mol. The molecule has 3 heteroatoms. The van der Waals surface area contributed by atoms with Crippen molar-refractivity contribution in [3.63, 3.8) is 0 Å². The number of nitrogens with one attached hydrogen (secondary N) is 2. The van der Waals surface area contributed by atoms with Gasteiger partial charge in [-0.2, -0.15) is 0 Å². The lowest BCUT2D eigenvalue weighted by Crippen LogP contribution is -2.31. The minimum Gasteiger partial charge on any atom is -0.396 e. The van der Waals surface area contributed by atoms with E-state index in [0.717, 1.165) is 5.69 Å². The number of aromatic nitrogens is 1. The van der Waals surface area contributed by atoms with Gasteiger partial charge in [-0.3, -0.25) is 0 Å². The summed E-state index contributed by atoms with van der Waals surface area (Å²) in [4.78, 5) is 3.18. The first kappa shape index (κ1) is 11.3. The van der Waals surface area contributed by atoms with E-state index < -0.39 is 0 Å². The largest absolute Gasteiger partial charge is 0.396 e.